The van der Waals surface area contributed by atoms with Gasteiger partial charge >= 0.3 is 0 Å². The van der Waals surface area contributed by atoms with Gasteiger partial charge in [0.2, 0.25) is 0 Å². The van der Waals surface area contributed by atoms with E-state index in [0.29, 0.717) is 29.2 Å². The van der Waals surface area contributed by atoms with Crippen molar-refractivity contribution in [3.63, 3.8) is 0 Å². The summed E-state index contributed by atoms with van der Waals surface area (Å²) < 4.78 is 2.05. The van der Waals surface area contributed by atoms with Crippen LogP contribution in [0.15, 0.2) is 42.5 Å². The Morgan fingerprint density at radius 2 is 1.91 bits per heavy atom. The average Bonchev–Trinajstić information content (AvgIpc) is 2.79. The smallest absolute Gasteiger partial charge is 0.253 e. The molecule has 2 aromatic carbocycles. The van der Waals surface area contributed by atoms with Gasteiger partial charge in [0.15, 0.2) is 6.29 Å². The maximum absolute atomic E-state index is 12.3. The molecule has 3 aromatic rings. The molecule has 4 nitrogen and oxygen atoms in total. The lowest BCUT2D eigenvalue weighted by atomic mass is 10.0. The lowest BCUT2D eigenvalue weighted by Gasteiger charge is -2.10. The fourth-order valence-electron chi connectivity index (χ4n) is 3.26. The standard InChI is InChI=1S/C18H13ClN2O2/c19-12-6-4-11(5-7-12)16-15(10-22)13-2-1-3-14-17(13)21(16)9-8-20-18(14)23/h1-7,10H,8-9H2,(H,20,23). The van der Waals surface area contributed by atoms with Crippen LogP contribution in [0.25, 0.3) is 22.2 Å². The first-order valence-corrected chi connectivity index (χ1v) is 7.73. The molecule has 0 bridgehead atoms. The zero-order valence-electron chi connectivity index (χ0n) is 12.2. The predicted molar refractivity (Wildman–Crippen MR) is 90.1 cm³/mol. The Labute approximate surface area is 137 Å². The topological polar surface area (TPSA) is 51.1 Å². The Hall–Kier alpha value is -2.59. The fraction of sp³-hybridized carbons (Fsp3) is 0.111. The van der Waals surface area contributed by atoms with E-state index >= 15 is 0 Å². The number of para-hydroxylation sites is 1. The summed E-state index contributed by atoms with van der Waals surface area (Å²) in [5.41, 5.74) is 3.76. The summed E-state index contributed by atoms with van der Waals surface area (Å²) in [6, 6.07) is 12.9. The molecule has 2 heterocycles. The number of amides is 1. The van der Waals surface area contributed by atoms with Crippen LogP contribution in [0.2, 0.25) is 5.02 Å². The van der Waals surface area contributed by atoms with Crippen LogP contribution in [0, 0.1) is 0 Å². The van der Waals surface area contributed by atoms with E-state index < -0.39 is 0 Å². The van der Waals surface area contributed by atoms with Crippen molar-refractivity contribution in [3.05, 3.63) is 58.6 Å². The number of aldehydes is 1. The molecule has 0 fully saturated rings. The molecule has 4 rings (SSSR count). The third-order valence-corrected chi connectivity index (χ3v) is 4.47. The number of aromatic nitrogens is 1. The second kappa shape index (κ2) is 5.25. The number of benzene rings is 2. The Morgan fingerprint density at radius 3 is 2.65 bits per heavy atom. The van der Waals surface area contributed by atoms with E-state index in [1.54, 1.807) is 18.2 Å². The van der Waals surface area contributed by atoms with Crippen molar-refractivity contribution >= 4 is 34.7 Å². The highest BCUT2D eigenvalue weighted by Gasteiger charge is 2.24. The Balaban J connectivity index is 2.13. The molecule has 1 aliphatic rings. The summed E-state index contributed by atoms with van der Waals surface area (Å²) in [6.45, 7) is 1.14. The molecule has 0 atom stereocenters. The van der Waals surface area contributed by atoms with Crippen LogP contribution in [0.4, 0.5) is 0 Å². The van der Waals surface area contributed by atoms with Crippen LogP contribution in [-0.4, -0.2) is 23.3 Å². The highest BCUT2D eigenvalue weighted by Crippen LogP contribution is 2.35. The second-order valence-corrected chi connectivity index (χ2v) is 5.93. The van der Waals surface area contributed by atoms with Crippen LogP contribution < -0.4 is 5.32 Å². The molecule has 0 unspecified atom stereocenters. The molecular weight excluding hydrogens is 312 g/mol. The summed E-state index contributed by atoms with van der Waals surface area (Å²) in [5.74, 6) is -0.105. The summed E-state index contributed by atoms with van der Waals surface area (Å²) in [6.07, 6.45) is 0.867. The van der Waals surface area contributed by atoms with Gasteiger partial charge in [-0.05, 0) is 23.8 Å². The first-order valence-electron chi connectivity index (χ1n) is 7.35. The molecule has 0 radical (unpaired) electrons. The van der Waals surface area contributed by atoms with Gasteiger partial charge in [-0.2, -0.15) is 0 Å². The highest BCUT2D eigenvalue weighted by molar-refractivity contribution is 6.30. The first-order chi connectivity index (χ1) is 11.2. The molecule has 1 aliphatic heterocycles. The fourth-order valence-corrected chi connectivity index (χ4v) is 3.38. The van der Waals surface area contributed by atoms with E-state index in [-0.39, 0.29) is 5.91 Å². The lowest BCUT2D eigenvalue weighted by Crippen LogP contribution is -2.24. The minimum Gasteiger partial charge on any atom is -0.350 e. The van der Waals surface area contributed by atoms with Crippen molar-refractivity contribution < 1.29 is 9.59 Å². The zero-order valence-corrected chi connectivity index (χ0v) is 12.9. The van der Waals surface area contributed by atoms with Gasteiger partial charge in [0.25, 0.3) is 5.91 Å². The van der Waals surface area contributed by atoms with Crippen molar-refractivity contribution in [1.82, 2.24) is 9.88 Å². The Bertz CT molecular complexity index is 942. The molecule has 114 valence electrons. The largest absolute Gasteiger partial charge is 0.350 e. The molecule has 0 saturated carbocycles. The van der Waals surface area contributed by atoms with Crippen molar-refractivity contribution in [3.8, 4) is 11.3 Å². The average molecular weight is 325 g/mol. The van der Waals surface area contributed by atoms with Gasteiger partial charge in [-0.15, -0.1) is 0 Å². The zero-order chi connectivity index (χ0) is 16.0. The van der Waals surface area contributed by atoms with E-state index in [1.165, 1.54) is 0 Å². The SMILES string of the molecule is O=Cc1c(-c2ccc(Cl)cc2)n2c3c(cccc13)C(=O)NCC2. The minimum absolute atomic E-state index is 0.105. The molecule has 1 amide bonds. The molecule has 5 heteroatoms. The second-order valence-electron chi connectivity index (χ2n) is 5.50. The van der Waals surface area contributed by atoms with Crippen molar-refractivity contribution in [2.75, 3.05) is 6.54 Å². The third kappa shape index (κ3) is 2.06. The number of halogens is 1. The summed E-state index contributed by atoms with van der Waals surface area (Å²) in [4.78, 5) is 24.0. The van der Waals surface area contributed by atoms with E-state index in [0.717, 1.165) is 28.4 Å². The quantitative estimate of drug-likeness (QED) is 0.733. The van der Waals surface area contributed by atoms with Crippen LogP contribution >= 0.6 is 11.6 Å². The van der Waals surface area contributed by atoms with Gasteiger partial charge in [0.05, 0.1) is 16.8 Å². The number of nitrogens with one attached hydrogen (secondary N) is 1. The van der Waals surface area contributed by atoms with Crippen molar-refractivity contribution in [2.24, 2.45) is 0 Å². The summed E-state index contributed by atoms with van der Waals surface area (Å²) >= 11 is 5.98. The van der Waals surface area contributed by atoms with Crippen LogP contribution in [-0.2, 0) is 6.54 Å². The van der Waals surface area contributed by atoms with E-state index in [9.17, 15) is 9.59 Å². The molecule has 0 spiro atoms. The Kier molecular flexibility index (Phi) is 3.20. The third-order valence-electron chi connectivity index (χ3n) is 4.22. The number of hydrogen-bond donors (Lipinski definition) is 1. The number of hydrogen-bond acceptors (Lipinski definition) is 2. The molecular formula is C18H13ClN2O2. The molecule has 1 N–H and O–H groups in total. The minimum atomic E-state index is -0.105. The van der Waals surface area contributed by atoms with Crippen LogP contribution in [0.5, 0.6) is 0 Å². The lowest BCUT2D eigenvalue weighted by molar-refractivity contribution is 0.0956. The summed E-state index contributed by atoms with van der Waals surface area (Å²) in [7, 11) is 0. The normalized spacial score (nSPS) is 13.7. The molecule has 23 heavy (non-hydrogen) atoms. The Morgan fingerprint density at radius 1 is 1.13 bits per heavy atom. The number of carbonyl (C=O) groups is 2. The highest BCUT2D eigenvalue weighted by atomic mass is 35.5. The molecule has 0 aliphatic carbocycles. The van der Waals surface area contributed by atoms with E-state index in [1.807, 2.05) is 24.3 Å². The van der Waals surface area contributed by atoms with Gasteiger partial charge in [-0.25, -0.2) is 0 Å². The number of nitrogens with zero attached hydrogens (tertiary/aromatic N) is 1. The monoisotopic (exact) mass is 324 g/mol. The maximum atomic E-state index is 12.3. The summed E-state index contributed by atoms with van der Waals surface area (Å²) in [5, 5.41) is 4.34. The van der Waals surface area contributed by atoms with Crippen molar-refractivity contribution in [1.29, 1.82) is 0 Å². The van der Waals surface area contributed by atoms with Gasteiger partial charge in [0, 0.05) is 29.1 Å². The van der Waals surface area contributed by atoms with Gasteiger partial charge in [-0.3, -0.25) is 9.59 Å². The van der Waals surface area contributed by atoms with Crippen LogP contribution in [0.1, 0.15) is 20.7 Å². The van der Waals surface area contributed by atoms with Gasteiger partial charge < -0.3 is 9.88 Å². The number of carbonyl (C=O) groups excluding carboxylic acids is 2. The molecule has 0 saturated heterocycles. The van der Waals surface area contributed by atoms with Gasteiger partial charge in [-0.1, -0.05) is 35.9 Å². The number of rotatable bonds is 2. The van der Waals surface area contributed by atoms with Crippen molar-refractivity contribution in [2.45, 2.75) is 6.54 Å². The van der Waals surface area contributed by atoms with Gasteiger partial charge in [0.1, 0.15) is 0 Å². The van der Waals surface area contributed by atoms with Crippen LogP contribution in [0.3, 0.4) is 0 Å². The van der Waals surface area contributed by atoms with E-state index in [2.05, 4.69) is 9.88 Å². The maximum Gasteiger partial charge on any atom is 0.253 e. The molecule has 1 aromatic heterocycles. The first kappa shape index (κ1) is 14.0. The predicted octanol–water partition coefficient (Wildman–Crippen LogP) is 3.52. The van der Waals surface area contributed by atoms with E-state index in [4.69, 9.17) is 11.6 Å².